The van der Waals surface area contributed by atoms with Crippen molar-refractivity contribution in [1.82, 2.24) is 14.9 Å². The Labute approximate surface area is 118 Å². The van der Waals surface area contributed by atoms with Gasteiger partial charge in [-0.1, -0.05) is 0 Å². The Bertz CT molecular complexity index is 489. The minimum Gasteiger partial charge on any atom is -0.358 e. The third-order valence-electron chi connectivity index (χ3n) is 4.25. The Balaban J connectivity index is 1.59. The van der Waals surface area contributed by atoms with Gasteiger partial charge in [-0.25, -0.2) is 0 Å². The Morgan fingerprint density at radius 2 is 2.10 bits per heavy atom. The number of rotatable bonds is 5. The molecule has 1 aliphatic carbocycles. The highest BCUT2D eigenvalue weighted by atomic mass is 16.6. The third-order valence-corrected chi connectivity index (χ3v) is 4.25. The molecule has 1 saturated heterocycles. The molecular weight excluding hydrogens is 258 g/mol. The largest absolute Gasteiger partial charge is 0.406 e. The molecule has 1 aromatic heterocycles. The number of nitrogens with zero attached hydrogens (tertiary/aromatic N) is 4. The second kappa shape index (κ2) is 5.40. The summed E-state index contributed by atoms with van der Waals surface area (Å²) in [6, 6.07) is 0.555. The zero-order chi connectivity index (χ0) is 14.1. The van der Waals surface area contributed by atoms with Crippen LogP contribution in [0, 0.1) is 16.0 Å². The van der Waals surface area contributed by atoms with Crippen LogP contribution in [0.3, 0.4) is 0 Å². The van der Waals surface area contributed by atoms with Crippen LogP contribution in [0.15, 0.2) is 6.33 Å². The lowest BCUT2D eigenvalue weighted by Gasteiger charge is -2.33. The van der Waals surface area contributed by atoms with Gasteiger partial charge in [0.15, 0.2) is 0 Å². The van der Waals surface area contributed by atoms with Crippen molar-refractivity contribution in [2.24, 2.45) is 13.0 Å². The summed E-state index contributed by atoms with van der Waals surface area (Å²) in [6.45, 7) is 2.84. The highest BCUT2D eigenvalue weighted by Crippen LogP contribution is 2.30. The van der Waals surface area contributed by atoms with Crippen molar-refractivity contribution < 1.29 is 4.92 Å². The molecule has 0 radical (unpaired) electrons. The predicted molar refractivity (Wildman–Crippen MR) is 75.8 cm³/mol. The fourth-order valence-electron chi connectivity index (χ4n) is 2.86. The summed E-state index contributed by atoms with van der Waals surface area (Å²) in [7, 11) is 1.81. The molecule has 2 heterocycles. The minimum atomic E-state index is -0.396. The molecule has 0 aromatic carbocycles. The van der Waals surface area contributed by atoms with Crippen LogP contribution >= 0.6 is 0 Å². The Kier molecular flexibility index (Phi) is 3.60. The van der Waals surface area contributed by atoms with E-state index in [1.165, 1.54) is 19.2 Å². The molecule has 3 rings (SSSR count). The van der Waals surface area contributed by atoms with Crippen molar-refractivity contribution >= 4 is 11.6 Å². The molecule has 7 nitrogen and oxygen atoms in total. The van der Waals surface area contributed by atoms with E-state index in [4.69, 9.17) is 0 Å². The number of nitro groups is 1. The predicted octanol–water partition coefficient (Wildman–Crippen LogP) is 1.30. The number of hydrogen-bond acceptors (Lipinski definition) is 5. The summed E-state index contributed by atoms with van der Waals surface area (Å²) in [4.78, 5) is 16.6. The SMILES string of the molecule is Cn1cnc([N+](=O)[O-])c1N1CCC(NCC2CC2)CC1. The molecule has 110 valence electrons. The summed E-state index contributed by atoms with van der Waals surface area (Å²) < 4.78 is 1.75. The fourth-order valence-corrected chi connectivity index (χ4v) is 2.86. The third kappa shape index (κ3) is 2.77. The molecular formula is C13H21N5O2. The standard InChI is InChI=1S/C13H21N5O2/c1-16-9-15-12(18(19)20)13(16)17-6-4-11(5-7-17)14-8-10-2-3-10/h9-11,14H,2-8H2,1H3. The van der Waals surface area contributed by atoms with Crippen LogP contribution in [0.5, 0.6) is 0 Å². The Morgan fingerprint density at radius 1 is 1.40 bits per heavy atom. The van der Waals surface area contributed by atoms with Gasteiger partial charge in [0.05, 0.1) is 0 Å². The van der Waals surface area contributed by atoms with Gasteiger partial charge in [-0.05, 0) is 48.1 Å². The van der Waals surface area contributed by atoms with Crippen LogP contribution in [0.1, 0.15) is 25.7 Å². The van der Waals surface area contributed by atoms with Gasteiger partial charge in [-0.3, -0.25) is 4.57 Å². The van der Waals surface area contributed by atoms with E-state index < -0.39 is 4.92 Å². The van der Waals surface area contributed by atoms with Crippen molar-refractivity contribution in [2.45, 2.75) is 31.7 Å². The van der Waals surface area contributed by atoms with Crippen molar-refractivity contribution in [1.29, 1.82) is 0 Å². The van der Waals surface area contributed by atoms with Gasteiger partial charge in [0.25, 0.3) is 0 Å². The van der Waals surface area contributed by atoms with Crippen molar-refractivity contribution in [3.8, 4) is 0 Å². The number of anilines is 1. The number of nitrogens with one attached hydrogen (secondary N) is 1. The molecule has 1 N–H and O–H groups in total. The van der Waals surface area contributed by atoms with Crippen molar-refractivity contribution in [3.05, 3.63) is 16.4 Å². The van der Waals surface area contributed by atoms with Gasteiger partial charge < -0.3 is 20.3 Å². The highest BCUT2D eigenvalue weighted by molar-refractivity contribution is 5.54. The van der Waals surface area contributed by atoms with Crippen LogP contribution < -0.4 is 10.2 Å². The first-order valence-electron chi connectivity index (χ1n) is 7.29. The quantitative estimate of drug-likeness (QED) is 0.649. The smallest absolute Gasteiger partial charge is 0.358 e. The lowest BCUT2D eigenvalue weighted by molar-refractivity contribution is -0.388. The maximum absolute atomic E-state index is 11.0. The first-order chi connectivity index (χ1) is 9.65. The molecule has 0 atom stereocenters. The molecule has 20 heavy (non-hydrogen) atoms. The molecule has 2 aliphatic rings. The van der Waals surface area contributed by atoms with E-state index >= 15 is 0 Å². The topological polar surface area (TPSA) is 76.2 Å². The first kappa shape index (κ1) is 13.4. The maximum Gasteiger partial charge on any atom is 0.406 e. The summed E-state index contributed by atoms with van der Waals surface area (Å²) in [5.41, 5.74) is 0. The Hall–Kier alpha value is -1.63. The average Bonchev–Trinajstić information content (AvgIpc) is 3.18. The van der Waals surface area contributed by atoms with Gasteiger partial charge in [0.1, 0.15) is 0 Å². The van der Waals surface area contributed by atoms with Gasteiger partial charge >= 0.3 is 5.82 Å². The first-order valence-corrected chi connectivity index (χ1v) is 7.29. The van der Waals surface area contributed by atoms with E-state index in [9.17, 15) is 10.1 Å². The van der Waals surface area contributed by atoms with Crippen molar-refractivity contribution in [3.63, 3.8) is 0 Å². The van der Waals surface area contributed by atoms with E-state index in [0.717, 1.165) is 38.4 Å². The van der Waals surface area contributed by atoms with Crippen LogP contribution in [0.2, 0.25) is 0 Å². The monoisotopic (exact) mass is 279 g/mol. The second-order valence-corrected chi connectivity index (χ2v) is 5.87. The molecule has 1 saturated carbocycles. The number of piperidine rings is 1. The molecule has 0 amide bonds. The van der Waals surface area contributed by atoms with E-state index in [1.54, 1.807) is 4.57 Å². The molecule has 0 spiro atoms. The minimum absolute atomic E-state index is 0.0307. The van der Waals surface area contributed by atoms with Gasteiger partial charge in [-0.2, -0.15) is 0 Å². The zero-order valence-electron chi connectivity index (χ0n) is 11.8. The number of aryl methyl sites for hydroxylation is 1. The number of hydrogen-bond donors (Lipinski definition) is 1. The van der Waals surface area contributed by atoms with Crippen LogP contribution in [-0.2, 0) is 7.05 Å². The molecule has 1 aromatic rings. The average molecular weight is 279 g/mol. The maximum atomic E-state index is 11.0. The van der Waals surface area contributed by atoms with Crippen molar-refractivity contribution in [2.75, 3.05) is 24.5 Å². The summed E-state index contributed by atoms with van der Waals surface area (Å²) >= 11 is 0. The Morgan fingerprint density at radius 3 is 2.70 bits per heavy atom. The number of imidazole rings is 1. The molecule has 0 bridgehead atoms. The second-order valence-electron chi connectivity index (χ2n) is 5.87. The fraction of sp³-hybridized carbons (Fsp3) is 0.769. The normalized spacial score (nSPS) is 20.4. The van der Waals surface area contributed by atoms with Crippen LogP contribution in [0.4, 0.5) is 11.6 Å². The molecule has 1 aliphatic heterocycles. The van der Waals surface area contributed by atoms with E-state index in [1.807, 2.05) is 7.05 Å². The van der Waals surface area contributed by atoms with E-state index in [0.29, 0.717) is 11.9 Å². The lowest BCUT2D eigenvalue weighted by atomic mass is 10.0. The molecule has 0 unspecified atom stereocenters. The van der Waals surface area contributed by atoms with Gasteiger partial charge in [0, 0.05) is 26.2 Å². The summed E-state index contributed by atoms with van der Waals surface area (Å²) in [5.74, 6) is 1.50. The van der Waals surface area contributed by atoms with Gasteiger partial charge in [-0.15, -0.1) is 0 Å². The lowest BCUT2D eigenvalue weighted by Crippen LogP contribution is -2.43. The highest BCUT2D eigenvalue weighted by Gasteiger charge is 2.29. The van der Waals surface area contributed by atoms with Crippen LogP contribution in [-0.4, -0.2) is 40.2 Å². The number of aromatic nitrogens is 2. The van der Waals surface area contributed by atoms with Crippen LogP contribution in [0.25, 0.3) is 0 Å². The molecule has 2 fully saturated rings. The zero-order valence-corrected chi connectivity index (χ0v) is 11.8. The molecule has 7 heteroatoms. The summed E-state index contributed by atoms with van der Waals surface area (Å²) in [6.07, 6.45) is 6.33. The summed E-state index contributed by atoms with van der Waals surface area (Å²) in [5, 5.41) is 14.6. The van der Waals surface area contributed by atoms with E-state index in [-0.39, 0.29) is 5.82 Å². The van der Waals surface area contributed by atoms with E-state index in [2.05, 4.69) is 15.2 Å². The van der Waals surface area contributed by atoms with Gasteiger partial charge in [0.2, 0.25) is 12.1 Å².